The molecule has 0 spiro atoms. The molecule has 4 N–H and O–H groups in total. The number of H-pyrrole nitrogens is 1. The summed E-state index contributed by atoms with van der Waals surface area (Å²) in [6, 6.07) is 0. The van der Waals surface area contributed by atoms with E-state index in [4.69, 9.17) is 5.73 Å². The van der Waals surface area contributed by atoms with Gasteiger partial charge in [-0.2, -0.15) is 5.10 Å². The molecular formula is C10H15N7O. The largest absolute Gasteiger partial charge is 0.381 e. The minimum Gasteiger partial charge on any atom is -0.381 e. The molecule has 96 valence electrons. The summed E-state index contributed by atoms with van der Waals surface area (Å²) in [7, 11) is 0. The van der Waals surface area contributed by atoms with Crippen molar-refractivity contribution in [2.45, 2.75) is 26.9 Å². The number of rotatable bonds is 4. The highest BCUT2D eigenvalue weighted by atomic mass is 16.2. The third kappa shape index (κ3) is 2.65. The van der Waals surface area contributed by atoms with Gasteiger partial charge < -0.3 is 11.1 Å². The van der Waals surface area contributed by atoms with Gasteiger partial charge in [0.1, 0.15) is 6.54 Å². The first-order chi connectivity index (χ1) is 8.56. The van der Waals surface area contributed by atoms with E-state index in [2.05, 4.69) is 25.8 Å². The third-order valence-corrected chi connectivity index (χ3v) is 2.61. The molecule has 2 rings (SSSR count). The topological polar surface area (TPSA) is 115 Å². The van der Waals surface area contributed by atoms with Crippen molar-refractivity contribution in [1.82, 2.24) is 30.5 Å². The number of amides is 1. The van der Waals surface area contributed by atoms with Crippen LogP contribution in [0.25, 0.3) is 0 Å². The summed E-state index contributed by atoms with van der Waals surface area (Å²) in [4.78, 5) is 11.7. The van der Waals surface area contributed by atoms with Crippen LogP contribution in [-0.4, -0.2) is 31.1 Å². The first kappa shape index (κ1) is 12.1. The van der Waals surface area contributed by atoms with Gasteiger partial charge in [0.25, 0.3) is 0 Å². The fraction of sp³-hybridized carbons (Fsp3) is 0.400. The van der Waals surface area contributed by atoms with Gasteiger partial charge in [0, 0.05) is 17.8 Å². The zero-order valence-electron chi connectivity index (χ0n) is 10.3. The number of carbonyl (C=O) groups is 1. The first-order valence-corrected chi connectivity index (χ1v) is 5.49. The molecule has 0 aliphatic carbocycles. The molecule has 0 bridgehead atoms. The molecule has 0 saturated heterocycles. The van der Waals surface area contributed by atoms with E-state index in [0.717, 1.165) is 17.0 Å². The van der Waals surface area contributed by atoms with Gasteiger partial charge in [-0.3, -0.25) is 9.89 Å². The number of nitrogens with two attached hydrogens (primary N) is 1. The SMILES string of the molecule is Cc1n[nH]c(C)c1CNC(=O)Cn1cc(N)nn1. The van der Waals surface area contributed by atoms with Gasteiger partial charge in [0.2, 0.25) is 5.91 Å². The maximum atomic E-state index is 11.7. The Morgan fingerprint density at radius 3 is 2.89 bits per heavy atom. The smallest absolute Gasteiger partial charge is 0.242 e. The Kier molecular flexibility index (Phi) is 3.26. The summed E-state index contributed by atoms with van der Waals surface area (Å²) in [5.41, 5.74) is 8.25. The normalized spacial score (nSPS) is 10.6. The highest BCUT2D eigenvalue weighted by molar-refractivity contribution is 5.75. The molecule has 0 atom stereocenters. The average molecular weight is 249 g/mol. The predicted octanol–water partition coefficient (Wildman–Crippen LogP) is -0.483. The Hall–Kier alpha value is -2.38. The van der Waals surface area contributed by atoms with Crippen LogP contribution in [0.2, 0.25) is 0 Å². The number of anilines is 1. The van der Waals surface area contributed by atoms with Gasteiger partial charge in [0.15, 0.2) is 5.82 Å². The van der Waals surface area contributed by atoms with E-state index >= 15 is 0 Å². The van der Waals surface area contributed by atoms with E-state index in [-0.39, 0.29) is 12.5 Å². The highest BCUT2D eigenvalue weighted by Crippen LogP contribution is 2.08. The Bertz CT molecular complexity index is 537. The van der Waals surface area contributed by atoms with E-state index in [9.17, 15) is 4.79 Å². The molecule has 2 heterocycles. The number of aromatic nitrogens is 5. The van der Waals surface area contributed by atoms with E-state index in [1.807, 2.05) is 13.8 Å². The molecule has 0 radical (unpaired) electrons. The fourth-order valence-corrected chi connectivity index (χ4v) is 1.62. The molecule has 1 amide bonds. The van der Waals surface area contributed by atoms with Crippen LogP contribution in [0.5, 0.6) is 0 Å². The number of hydrogen-bond donors (Lipinski definition) is 3. The van der Waals surface area contributed by atoms with Crippen LogP contribution in [0.15, 0.2) is 6.20 Å². The van der Waals surface area contributed by atoms with Gasteiger partial charge in [-0.1, -0.05) is 5.21 Å². The molecule has 2 aromatic rings. The van der Waals surface area contributed by atoms with Gasteiger partial charge in [-0.05, 0) is 13.8 Å². The number of nitrogens with one attached hydrogen (secondary N) is 2. The second-order valence-electron chi connectivity index (χ2n) is 4.03. The Labute approximate surface area is 104 Å². The van der Waals surface area contributed by atoms with Crippen molar-refractivity contribution in [1.29, 1.82) is 0 Å². The Morgan fingerprint density at radius 2 is 2.33 bits per heavy atom. The van der Waals surface area contributed by atoms with Crippen molar-refractivity contribution in [2.75, 3.05) is 5.73 Å². The molecule has 0 unspecified atom stereocenters. The van der Waals surface area contributed by atoms with Crippen LogP contribution in [0.3, 0.4) is 0 Å². The Balaban J connectivity index is 1.89. The lowest BCUT2D eigenvalue weighted by molar-refractivity contribution is -0.122. The Morgan fingerprint density at radius 1 is 1.56 bits per heavy atom. The monoisotopic (exact) mass is 249 g/mol. The summed E-state index contributed by atoms with van der Waals surface area (Å²) in [6.45, 7) is 4.35. The minimum atomic E-state index is -0.153. The highest BCUT2D eigenvalue weighted by Gasteiger charge is 2.09. The molecular weight excluding hydrogens is 234 g/mol. The molecule has 2 aromatic heterocycles. The quantitative estimate of drug-likeness (QED) is 0.676. The van der Waals surface area contributed by atoms with Crippen LogP contribution >= 0.6 is 0 Å². The molecule has 8 heteroatoms. The van der Waals surface area contributed by atoms with E-state index in [1.54, 1.807) is 0 Å². The molecule has 0 aliphatic heterocycles. The standard InChI is InChI=1S/C10H15N7O/c1-6-8(7(2)14-13-6)3-12-10(18)5-17-4-9(11)15-16-17/h4H,3,5,11H2,1-2H3,(H,12,18)(H,13,14). The second kappa shape index (κ2) is 4.86. The summed E-state index contributed by atoms with van der Waals surface area (Å²) >= 11 is 0. The zero-order valence-corrected chi connectivity index (χ0v) is 10.3. The molecule has 0 saturated carbocycles. The summed E-state index contributed by atoms with van der Waals surface area (Å²) < 4.78 is 1.39. The van der Waals surface area contributed by atoms with E-state index in [0.29, 0.717) is 12.4 Å². The van der Waals surface area contributed by atoms with E-state index in [1.165, 1.54) is 10.9 Å². The number of hydrogen-bond acceptors (Lipinski definition) is 5. The zero-order chi connectivity index (χ0) is 13.1. The van der Waals surface area contributed by atoms with Crippen LogP contribution < -0.4 is 11.1 Å². The number of aryl methyl sites for hydroxylation is 2. The van der Waals surface area contributed by atoms with Crippen molar-refractivity contribution < 1.29 is 4.79 Å². The molecule has 0 aromatic carbocycles. The van der Waals surface area contributed by atoms with Crippen molar-refractivity contribution in [3.8, 4) is 0 Å². The van der Waals surface area contributed by atoms with Crippen LogP contribution in [-0.2, 0) is 17.9 Å². The van der Waals surface area contributed by atoms with Gasteiger partial charge >= 0.3 is 0 Å². The van der Waals surface area contributed by atoms with Crippen LogP contribution in [0.4, 0.5) is 5.82 Å². The summed E-state index contributed by atoms with van der Waals surface area (Å²) in [5.74, 6) is 0.143. The molecule has 0 aliphatic rings. The van der Waals surface area contributed by atoms with Crippen molar-refractivity contribution in [3.05, 3.63) is 23.1 Å². The minimum absolute atomic E-state index is 0.0974. The van der Waals surface area contributed by atoms with Crippen LogP contribution in [0.1, 0.15) is 17.0 Å². The molecule has 18 heavy (non-hydrogen) atoms. The average Bonchev–Trinajstić information content (AvgIpc) is 2.84. The van der Waals surface area contributed by atoms with Gasteiger partial charge in [0.05, 0.1) is 11.9 Å². The number of aromatic amines is 1. The first-order valence-electron chi connectivity index (χ1n) is 5.49. The van der Waals surface area contributed by atoms with Crippen LogP contribution in [0, 0.1) is 13.8 Å². The van der Waals surface area contributed by atoms with E-state index < -0.39 is 0 Å². The second-order valence-corrected chi connectivity index (χ2v) is 4.03. The fourth-order valence-electron chi connectivity index (χ4n) is 1.62. The maximum absolute atomic E-state index is 11.7. The summed E-state index contributed by atoms with van der Waals surface area (Å²) in [5, 5.41) is 17.0. The lowest BCUT2D eigenvalue weighted by Gasteiger charge is -2.05. The molecule has 8 nitrogen and oxygen atoms in total. The number of carbonyl (C=O) groups excluding carboxylic acids is 1. The van der Waals surface area contributed by atoms with Crippen molar-refractivity contribution in [2.24, 2.45) is 0 Å². The maximum Gasteiger partial charge on any atom is 0.242 e. The summed E-state index contributed by atoms with van der Waals surface area (Å²) in [6.07, 6.45) is 1.51. The lowest BCUT2D eigenvalue weighted by Crippen LogP contribution is -2.27. The predicted molar refractivity (Wildman–Crippen MR) is 64.3 cm³/mol. The number of nitrogen functional groups attached to an aromatic ring is 1. The number of nitrogens with zero attached hydrogens (tertiary/aromatic N) is 4. The van der Waals surface area contributed by atoms with Crippen molar-refractivity contribution in [3.63, 3.8) is 0 Å². The van der Waals surface area contributed by atoms with Gasteiger partial charge in [-0.25, -0.2) is 4.68 Å². The van der Waals surface area contributed by atoms with Gasteiger partial charge in [-0.15, -0.1) is 5.10 Å². The van der Waals surface area contributed by atoms with Crippen molar-refractivity contribution >= 4 is 11.7 Å². The molecule has 0 fully saturated rings. The lowest BCUT2D eigenvalue weighted by atomic mass is 10.2. The third-order valence-electron chi connectivity index (χ3n) is 2.61.